The lowest BCUT2D eigenvalue weighted by atomic mass is 10.00. The van der Waals surface area contributed by atoms with Crippen molar-refractivity contribution < 1.29 is 4.42 Å². The molecule has 0 spiro atoms. The Labute approximate surface area is 332 Å². The fourth-order valence-corrected chi connectivity index (χ4v) is 10.0. The summed E-state index contributed by atoms with van der Waals surface area (Å²) in [5.41, 5.74) is 10.9. The molecule has 0 saturated carbocycles. The molecule has 3 aromatic heterocycles. The first-order chi connectivity index (χ1) is 28.2. The number of furan rings is 1. The van der Waals surface area contributed by atoms with Crippen LogP contribution in [0.5, 0.6) is 0 Å². The van der Waals surface area contributed by atoms with E-state index in [1.54, 1.807) is 0 Å². The number of amidine groups is 1. The van der Waals surface area contributed by atoms with Gasteiger partial charge in [0.2, 0.25) is 0 Å². The van der Waals surface area contributed by atoms with Crippen LogP contribution < -0.4 is 10.6 Å². The number of nitrogens with one attached hydrogen (secondary N) is 2. The van der Waals surface area contributed by atoms with Crippen LogP contribution in [0.25, 0.3) is 80.7 Å². The van der Waals surface area contributed by atoms with E-state index in [1.807, 2.05) is 11.3 Å². The molecule has 0 saturated heterocycles. The second-order valence-corrected chi connectivity index (χ2v) is 15.8. The second-order valence-electron chi connectivity index (χ2n) is 14.8. The van der Waals surface area contributed by atoms with Crippen molar-refractivity contribution in [1.82, 2.24) is 15.2 Å². The minimum Gasteiger partial charge on any atom is -0.454 e. The Hall–Kier alpha value is -6.99. The Morgan fingerprint density at radius 2 is 1.16 bits per heavy atom. The molecule has 1 aliphatic heterocycles. The zero-order valence-electron chi connectivity index (χ0n) is 30.7. The van der Waals surface area contributed by atoms with Crippen LogP contribution in [0.2, 0.25) is 0 Å². The Morgan fingerprint density at radius 3 is 1.93 bits per heavy atom. The molecule has 12 rings (SSSR count). The van der Waals surface area contributed by atoms with Gasteiger partial charge in [-0.15, -0.1) is 11.3 Å². The van der Waals surface area contributed by atoms with Crippen LogP contribution in [0, 0.1) is 0 Å². The van der Waals surface area contributed by atoms with Crippen molar-refractivity contribution in [2.75, 3.05) is 0 Å². The van der Waals surface area contributed by atoms with Gasteiger partial charge in [-0.2, -0.15) is 0 Å². The fraction of sp³-hybridized carbons (Fsp3) is 0.0392. The van der Waals surface area contributed by atoms with Gasteiger partial charge in [-0.1, -0.05) is 133 Å². The fourth-order valence-electron chi connectivity index (χ4n) is 8.80. The summed E-state index contributed by atoms with van der Waals surface area (Å²) in [4.78, 5) is 5.27. The summed E-state index contributed by atoms with van der Waals surface area (Å²) in [6.07, 6.45) is -0.275. The lowest BCUT2D eigenvalue weighted by molar-refractivity contribution is 0.409. The number of fused-ring (bicyclic) bond motifs is 9. The van der Waals surface area contributed by atoms with Crippen LogP contribution in [0.4, 0.5) is 0 Å². The Balaban J connectivity index is 0.962. The summed E-state index contributed by atoms with van der Waals surface area (Å²) < 4.78 is 11.5. The average Bonchev–Trinajstić information content (AvgIpc) is 3.96. The van der Waals surface area contributed by atoms with Crippen LogP contribution in [0.3, 0.4) is 0 Å². The molecule has 8 aromatic carbocycles. The Bertz CT molecular complexity index is 3320. The molecule has 0 aliphatic carbocycles. The molecular weight excluding hydrogens is 717 g/mol. The molecule has 0 bridgehead atoms. The van der Waals surface area contributed by atoms with E-state index in [0.29, 0.717) is 0 Å². The van der Waals surface area contributed by atoms with Crippen LogP contribution in [0.1, 0.15) is 29.0 Å². The summed E-state index contributed by atoms with van der Waals surface area (Å²) in [7, 11) is 0. The van der Waals surface area contributed by atoms with Crippen molar-refractivity contribution in [1.29, 1.82) is 0 Å². The molecule has 2 atom stereocenters. The highest BCUT2D eigenvalue weighted by atomic mass is 32.1. The maximum atomic E-state index is 6.71. The number of hydrogen-bond donors (Lipinski definition) is 2. The third-order valence-corrected chi connectivity index (χ3v) is 12.7. The van der Waals surface area contributed by atoms with E-state index in [0.717, 1.165) is 50.2 Å². The molecule has 0 radical (unpaired) electrons. The summed E-state index contributed by atoms with van der Waals surface area (Å²) in [5, 5.41) is 14.6. The topological polar surface area (TPSA) is 54.5 Å². The van der Waals surface area contributed by atoms with Crippen LogP contribution >= 0.6 is 11.3 Å². The van der Waals surface area contributed by atoms with Gasteiger partial charge in [0.05, 0.1) is 16.7 Å². The molecule has 11 aromatic rings. The van der Waals surface area contributed by atoms with Crippen molar-refractivity contribution in [3.05, 3.63) is 199 Å². The first-order valence-corrected chi connectivity index (χ1v) is 20.2. The Morgan fingerprint density at radius 1 is 0.526 bits per heavy atom. The number of thiophene rings is 1. The largest absolute Gasteiger partial charge is 0.454 e. The summed E-state index contributed by atoms with van der Waals surface area (Å²) in [6.45, 7) is 0. The third-order valence-electron chi connectivity index (χ3n) is 11.5. The number of hydrogen-bond acceptors (Lipinski definition) is 5. The maximum Gasteiger partial charge on any atom is 0.159 e. The minimum atomic E-state index is -0.184. The summed E-state index contributed by atoms with van der Waals surface area (Å²) >= 11 is 1.83. The minimum absolute atomic E-state index is 0.0906. The second kappa shape index (κ2) is 12.8. The van der Waals surface area contributed by atoms with Gasteiger partial charge in [-0.05, 0) is 70.8 Å². The monoisotopic (exact) mass is 750 g/mol. The molecule has 57 heavy (non-hydrogen) atoms. The van der Waals surface area contributed by atoms with Crippen molar-refractivity contribution >= 4 is 81.1 Å². The molecule has 0 fully saturated rings. The zero-order chi connectivity index (χ0) is 37.5. The molecule has 0 amide bonds. The molecule has 270 valence electrons. The van der Waals surface area contributed by atoms with E-state index in [9.17, 15) is 0 Å². The van der Waals surface area contributed by atoms with E-state index in [2.05, 4.69) is 197 Å². The van der Waals surface area contributed by atoms with Gasteiger partial charge < -0.3 is 14.3 Å². The van der Waals surface area contributed by atoms with Crippen molar-refractivity contribution in [2.24, 2.45) is 4.99 Å². The number of para-hydroxylation sites is 3. The average molecular weight is 751 g/mol. The summed E-state index contributed by atoms with van der Waals surface area (Å²) in [5.74, 6) is 0.895. The molecule has 2 N–H and O–H groups in total. The smallest absolute Gasteiger partial charge is 0.159 e. The molecule has 2 unspecified atom stereocenters. The number of aromatic nitrogens is 1. The van der Waals surface area contributed by atoms with E-state index in [-0.39, 0.29) is 12.3 Å². The molecule has 4 heterocycles. The van der Waals surface area contributed by atoms with Crippen LogP contribution in [0.15, 0.2) is 191 Å². The van der Waals surface area contributed by atoms with Gasteiger partial charge in [0, 0.05) is 47.3 Å². The first kappa shape index (κ1) is 32.3. The predicted octanol–water partition coefficient (Wildman–Crippen LogP) is 13.1. The lowest BCUT2D eigenvalue weighted by Gasteiger charge is -2.32. The molecular formula is C51H34N4OS. The van der Waals surface area contributed by atoms with Gasteiger partial charge in [0.25, 0.3) is 0 Å². The first-order valence-electron chi connectivity index (χ1n) is 19.4. The van der Waals surface area contributed by atoms with Crippen molar-refractivity contribution in [3.8, 4) is 16.8 Å². The zero-order valence-corrected chi connectivity index (χ0v) is 31.5. The molecule has 5 nitrogen and oxygen atoms in total. The standard InChI is InChI=1S/C51H34N4OS/c1-3-13-31(14-4-1)49-52-50(32-15-5-2-6-16-32)54-51(53-49)39-21-11-20-38-41-30-34(26-28-46(41)57-48(38)39)33-25-27-45-40(29-33)37-19-12-24-44(47(37)56-45)55-42-22-9-7-17-35(42)36-18-8-10-23-43(36)55/h1-30,49-50,52H,(H,53,54). The van der Waals surface area contributed by atoms with Crippen LogP contribution in [-0.4, -0.2) is 10.4 Å². The van der Waals surface area contributed by atoms with Gasteiger partial charge in [-0.25, -0.2) is 4.99 Å². The van der Waals surface area contributed by atoms with Gasteiger partial charge in [0.1, 0.15) is 23.8 Å². The number of nitrogens with zero attached hydrogens (tertiary/aromatic N) is 2. The summed E-state index contributed by atoms with van der Waals surface area (Å²) in [6, 6.07) is 64.9. The third kappa shape index (κ3) is 5.15. The van der Waals surface area contributed by atoms with Gasteiger partial charge in [-0.3, -0.25) is 5.32 Å². The van der Waals surface area contributed by atoms with E-state index in [4.69, 9.17) is 9.41 Å². The SMILES string of the molecule is c1ccc(C2N=C(c3cccc4c3sc3ccc(-c5ccc6oc7c(-n8c9ccccc9c9ccccc98)cccc7c6c5)cc34)NC(c3ccccc3)N2)cc1. The van der Waals surface area contributed by atoms with Crippen molar-refractivity contribution in [2.45, 2.75) is 12.3 Å². The van der Waals surface area contributed by atoms with Gasteiger partial charge >= 0.3 is 0 Å². The van der Waals surface area contributed by atoms with Crippen LogP contribution in [-0.2, 0) is 0 Å². The van der Waals surface area contributed by atoms with E-state index in [1.165, 1.54) is 53.1 Å². The lowest BCUT2D eigenvalue weighted by Crippen LogP contribution is -2.44. The number of benzene rings is 8. The highest BCUT2D eigenvalue weighted by Gasteiger charge is 2.27. The van der Waals surface area contributed by atoms with Gasteiger partial charge in [0.15, 0.2) is 5.58 Å². The van der Waals surface area contributed by atoms with Crippen molar-refractivity contribution in [3.63, 3.8) is 0 Å². The van der Waals surface area contributed by atoms with E-state index < -0.39 is 0 Å². The van der Waals surface area contributed by atoms with E-state index >= 15 is 0 Å². The number of aliphatic imine (C=N–C) groups is 1. The molecule has 1 aliphatic rings. The predicted molar refractivity (Wildman–Crippen MR) is 238 cm³/mol. The Kier molecular flexibility index (Phi) is 7.24. The highest BCUT2D eigenvalue weighted by molar-refractivity contribution is 7.26. The highest BCUT2D eigenvalue weighted by Crippen LogP contribution is 2.42. The number of rotatable bonds is 5. The molecule has 6 heteroatoms. The quantitative estimate of drug-likeness (QED) is 0.184. The normalized spacial score (nSPS) is 15.9. The maximum absolute atomic E-state index is 6.71.